The molecule has 0 amide bonds. The van der Waals surface area contributed by atoms with Crippen molar-refractivity contribution in [3.8, 4) is 11.5 Å². The second-order valence-corrected chi connectivity index (χ2v) is 5.03. The predicted octanol–water partition coefficient (Wildman–Crippen LogP) is 4.72. The van der Waals surface area contributed by atoms with E-state index < -0.39 is 0 Å². The average molecular weight is 276 g/mol. The predicted molar refractivity (Wildman–Crippen MR) is 80.2 cm³/mol. The van der Waals surface area contributed by atoms with E-state index in [-0.39, 0.29) is 0 Å². The van der Waals surface area contributed by atoms with Gasteiger partial charge in [0.25, 0.3) is 0 Å². The Morgan fingerprint density at radius 3 is 2.37 bits per heavy atom. The number of ether oxygens (including phenoxy) is 1. The van der Waals surface area contributed by atoms with Crippen molar-refractivity contribution < 1.29 is 4.74 Å². The van der Waals surface area contributed by atoms with Gasteiger partial charge in [-0.05, 0) is 62.4 Å². The highest BCUT2D eigenvalue weighted by Crippen LogP contribution is 2.28. The number of hydrogen-bond acceptors (Lipinski definition) is 2. The summed E-state index contributed by atoms with van der Waals surface area (Å²) in [7, 11) is 1.95. The first kappa shape index (κ1) is 13.9. The summed E-state index contributed by atoms with van der Waals surface area (Å²) in [4.78, 5) is 0. The number of aryl methyl sites for hydroxylation is 1. The first-order valence-electron chi connectivity index (χ1n) is 6.31. The number of hydrogen-bond donors (Lipinski definition) is 1. The van der Waals surface area contributed by atoms with Gasteiger partial charge >= 0.3 is 0 Å². The highest BCUT2D eigenvalue weighted by Gasteiger charge is 2.04. The average Bonchev–Trinajstić information content (AvgIpc) is 2.42. The molecule has 100 valence electrons. The molecule has 0 heterocycles. The van der Waals surface area contributed by atoms with Crippen LogP contribution in [0, 0.1) is 6.92 Å². The summed E-state index contributed by atoms with van der Waals surface area (Å²) < 4.78 is 5.85. The maximum Gasteiger partial charge on any atom is 0.130 e. The van der Waals surface area contributed by atoms with Gasteiger partial charge < -0.3 is 10.1 Å². The Hall–Kier alpha value is -1.51. The summed E-state index contributed by atoms with van der Waals surface area (Å²) in [5, 5.41) is 3.94. The van der Waals surface area contributed by atoms with Crippen LogP contribution in [0.5, 0.6) is 11.5 Å². The Labute approximate surface area is 119 Å². The molecule has 3 heteroatoms. The Morgan fingerprint density at radius 2 is 1.79 bits per heavy atom. The molecule has 1 unspecified atom stereocenters. The smallest absolute Gasteiger partial charge is 0.130 e. The van der Waals surface area contributed by atoms with Crippen LogP contribution < -0.4 is 10.1 Å². The maximum atomic E-state index is 5.93. The minimum absolute atomic E-state index is 0.339. The van der Waals surface area contributed by atoms with E-state index in [9.17, 15) is 0 Å². The highest BCUT2D eigenvalue weighted by molar-refractivity contribution is 6.30. The molecule has 0 aromatic heterocycles. The summed E-state index contributed by atoms with van der Waals surface area (Å²) >= 11 is 5.93. The van der Waals surface area contributed by atoms with Crippen molar-refractivity contribution in [1.82, 2.24) is 5.32 Å². The molecule has 2 rings (SSSR count). The molecule has 0 spiro atoms. The van der Waals surface area contributed by atoms with E-state index in [0.29, 0.717) is 6.04 Å². The van der Waals surface area contributed by atoms with Crippen LogP contribution in [0.1, 0.15) is 24.1 Å². The van der Waals surface area contributed by atoms with Crippen LogP contribution in [-0.2, 0) is 0 Å². The van der Waals surface area contributed by atoms with E-state index in [4.69, 9.17) is 16.3 Å². The monoisotopic (exact) mass is 275 g/mol. The minimum Gasteiger partial charge on any atom is -0.457 e. The minimum atomic E-state index is 0.339. The molecule has 19 heavy (non-hydrogen) atoms. The zero-order chi connectivity index (χ0) is 13.8. The molecule has 2 nitrogen and oxygen atoms in total. The lowest BCUT2D eigenvalue weighted by molar-refractivity contribution is 0.478. The third-order valence-corrected chi connectivity index (χ3v) is 3.41. The largest absolute Gasteiger partial charge is 0.457 e. The van der Waals surface area contributed by atoms with Gasteiger partial charge in [0.2, 0.25) is 0 Å². The van der Waals surface area contributed by atoms with E-state index in [1.54, 1.807) is 0 Å². The quantitative estimate of drug-likeness (QED) is 0.872. The molecule has 0 aliphatic carbocycles. The van der Waals surface area contributed by atoms with Crippen molar-refractivity contribution in [2.45, 2.75) is 19.9 Å². The van der Waals surface area contributed by atoms with Gasteiger partial charge in [0, 0.05) is 11.1 Å². The number of halogens is 1. The first-order valence-corrected chi connectivity index (χ1v) is 6.69. The van der Waals surface area contributed by atoms with Crippen LogP contribution in [0.3, 0.4) is 0 Å². The number of benzene rings is 2. The molecule has 0 aliphatic heterocycles. The number of nitrogens with one attached hydrogen (secondary N) is 1. The molecule has 2 aromatic carbocycles. The molecule has 0 saturated carbocycles. The Bertz CT molecular complexity index is 551. The zero-order valence-corrected chi connectivity index (χ0v) is 12.2. The fourth-order valence-electron chi connectivity index (χ4n) is 1.85. The Kier molecular flexibility index (Phi) is 4.46. The van der Waals surface area contributed by atoms with E-state index in [1.807, 2.05) is 44.3 Å². The molecular weight excluding hydrogens is 258 g/mol. The molecule has 2 aromatic rings. The summed E-state index contributed by atoms with van der Waals surface area (Å²) in [6.07, 6.45) is 0. The lowest BCUT2D eigenvalue weighted by Gasteiger charge is -2.12. The molecule has 0 bridgehead atoms. The van der Waals surface area contributed by atoms with Gasteiger partial charge in [0.05, 0.1) is 0 Å². The highest BCUT2D eigenvalue weighted by atomic mass is 35.5. The molecular formula is C16H18ClNO. The van der Waals surface area contributed by atoms with E-state index in [2.05, 4.69) is 24.4 Å². The van der Waals surface area contributed by atoms with Crippen LogP contribution in [0.25, 0.3) is 0 Å². The third-order valence-electron chi connectivity index (χ3n) is 3.18. The normalized spacial score (nSPS) is 12.2. The topological polar surface area (TPSA) is 21.3 Å². The third kappa shape index (κ3) is 3.49. The summed E-state index contributed by atoms with van der Waals surface area (Å²) in [6, 6.07) is 14.1. The van der Waals surface area contributed by atoms with Gasteiger partial charge in [-0.15, -0.1) is 0 Å². The van der Waals surface area contributed by atoms with Crippen LogP contribution >= 0.6 is 11.6 Å². The molecule has 0 aliphatic rings. The fourth-order valence-corrected chi connectivity index (χ4v) is 2.07. The maximum absolute atomic E-state index is 5.93. The SMILES string of the molecule is CNC(C)c1ccc(Oc2ccc(Cl)cc2C)cc1. The van der Waals surface area contributed by atoms with Crippen LogP contribution in [0.2, 0.25) is 5.02 Å². The summed E-state index contributed by atoms with van der Waals surface area (Å²) in [6.45, 7) is 4.11. The van der Waals surface area contributed by atoms with E-state index in [1.165, 1.54) is 5.56 Å². The molecule has 0 fully saturated rings. The lowest BCUT2D eigenvalue weighted by Crippen LogP contribution is -2.11. The molecule has 0 saturated heterocycles. The molecule has 0 radical (unpaired) electrons. The Morgan fingerprint density at radius 1 is 1.11 bits per heavy atom. The first-order chi connectivity index (χ1) is 9.10. The standard InChI is InChI=1S/C16H18ClNO/c1-11-10-14(17)6-9-16(11)19-15-7-4-13(5-8-15)12(2)18-3/h4-10,12,18H,1-3H3. The van der Waals surface area contributed by atoms with Gasteiger partial charge in [0.1, 0.15) is 11.5 Å². The van der Waals surface area contributed by atoms with Crippen molar-refractivity contribution >= 4 is 11.6 Å². The van der Waals surface area contributed by atoms with Crippen molar-refractivity contribution in [2.24, 2.45) is 0 Å². The van der Waals surface area contributed by atoms with Gasteiger partial charge in [0.15, 0.2) is 0 Å². The summed E-state index contributed by atoms with van der Waals surface area (Å²) in [5.41, 5.74) is 2.27. The van der Waals surface area contributed by atoms with Crippen molar-refractivity contribution in [1.29, 1.82) is 0 Å². The van der Waals surface area contributed by atoms with Crippen molar-refractivity contribution in [3.63, 3.8) is 0 Å². The molecule has 1 N–H and O–H groups in total. The second-order valence-electron chi connectivity index (χ2n) is 4.59. The Balaban J connectivity index is 2.15. The fraction of sp³-hybridized carbons (Fsp3) is 0.250. The van der Waals surface area contributed by atoms with Crippen LogP contribution in [0.15, 0.2) is 42.5 Å². The second kappa shape index (κ2) is 6.09. The van der Waals surface area contributed by atoms with Crippen molar-refractivity contribution in [2.75, 3.05) is 7.05 Å². The van der Waals surface area contributed by atoms with Crippen LogP contribution in [0.4, 0.5) is 0 Å². The van der Waals surface area contributed by atoms with E-state index in [0.717, 1.165) is 22.1 Å². The summed E-state index contributed by atoms with van der Waals surface area (Å²) in [5.74, 6) is 1.66. The lowest BCUT2D eigenvalue weighted by atomic mass is 10.1. The van der Waals surface area contributed by atoms with E-state index >= 15 is 0 Å². The van der Waals surface area contributed by atoms with Gasteiger partial charge in [-0.1, -0.05) is 23.7 Å². The zero-order valence-electron chi connectivity index (χ0n) is 11.4. The van der Waals surface area contributed by atoms with Gasteiger partial charge in [-0.2, -0.15) is 0 Å². The van der Waals surface area contributed by atoms with Crippen LogP contribution in [-0.4, -0.2) is 7.05 Å². The number of rotatable bonds is 4. The van der Waals surface area contributed by atoms with Gasteiger partial charge in [-0.25, -0.2) is 0 Å². The molecule has 1 atom stereocenters. The van der Waals surface area contributed by atoms with Gasteiger partial charge in [-0.3, -0.25) is 0 Å². The van der Waals surface area contributed by atoms with Crippen molar-refractivity contribution in [3.05, 3.63) is 58.6 Å².